The lowest BCUT2D eigenvalue weighted by Gasteiger charge is -2.29. The lowest BCUT2D eigenvalue weighted by Crippen LogP contribution is -2.35. The summed E-state index contributed by atoms with van der Waals surface area (Å²) in [6.45, 7) is 3.01. The van der Waals surface area contributed by atoms with Gasteiger partial charge < -0.3 is 4.98 Å². The van der Waals surface area contributed by atoms with E-state index in [0.717, 1.165) is 24.2 Å². The molecular formula is C9H13N3O. The molecule has 1 aliphatic rings. The molecule has 1 aliphatic heterocycles. The van der Waals surface area contributed by atoms with Gasteiger partial charge in [0.05, 0.1) is 17.6 Å². The van der Waals surface area contributed by atoms with E-state index in [9.17, 15) is 4.79 Å². The zero-order valence-corrected chi connectivity index (χ0v) is 7.87. The maximum Gasteiger partial charge on any atom is 0.255 e. The van der Waals surface area contributed by atoms with E-state index in [-0.39, 0.29) is 11.6 Å². The second-order valence-corrected chi connectivity index (χ2v) is 3.50. The third kappa shape index (κ3) is 1.27. The van der Waals surface area contributed by atoms with Crippen molar-refractivity contribution in [1.82, 2.24) is 14.9 Å². The van der Waals surface area contributed by atoms with E-state index in [1.165, 1.54) is 6.33 Å². The van der Waals surface area contributed by atoms with E-state index >= 15 is 0 Å². The summed E-state index contributed by atoms with van der Waals surface area (Å²) in [5, 5.41) is 0. The number of nitrogens with one attached hydrogen (secondary N) is 1. The molecule has 1 aromatic heterocycles. The van der Waals surface area contributed by atoms with Crippen LogP contribution in [0, 0.1) is 0 Å². The first-order valence-electron chi connectivity index (χ1n) is 4.47. The number of fused-ring (bicyclic) bond motifs is 1. The molecular weight excluding hydrogens is 166 g/mol. The minimum Gasteiger partial charge on any atom is -0.313 e. The van der Waals surface area contributed by atoms with Crippen molar-refractivity contribution in [3.63, 3.8) is 0 Å². The van der Waals surface area contributed by atoms with Crippen LogP contribution in [-0.4, -0.2) is 28.5 Å². The van der Waals surface area contributed by atoms with Crippen LogP contribution in [0.4, 0.5) is 0 Å². The number of rotatable bonds is 0. The Bertz CT molecular complexity index is 371. The van der Waals surface area contributed by atoms with Crippen LogP contribution in [-0.2, 0) is 6.42 Å². The Morgan fingerprint density at radius 2 is 2.46 bits per heavy atom. The highest BCUT2D eigenvalue weighted by atomic mass is 16.1. The molecule has 4 nitrogen and oxygen atoms in total. The van der Waals surface area contributed by atoms with E-state index in [2.05, 4.69) is 14.9 Å². The van der Waals surface area contributed by atoms with Gasteiger partial charge in [-0.3, -0.25) is 9.69 Å². The highest BCUT2D eigenvalue weighted by molar-refractivity contribution is 5.22. The minimum atomic E-state index is 0.00375. The summed E-state index contributed by atoms with van der Waals surface area (Å²) < 4.78 is 0. The summed E-state index contributed by atoms with van der Waals surface area (Å²) >= 11 is 0. The molecule has 1 atom stereocenters. The standard InChI is InChI=1S/C9H13N3O/c1-6-8-7(3-4-12(6)2)10-5-11-9(8)13/h5-6H,3-4H2,1-2H3,(H,10,11,13). The van der Waals surface area contributed by atoms with Gasteiger partial charge in [-0.1, -0.05) is 0 Å². The van der Waals surface area contributed by atoms with E-state index in [1.54, 1.807) is 0 Å². The average molecular weight is 179 g/mol. The predicted octanol–water partition coefficient (Wildman–Crippen LogP) is 0.319. The number of aromatic nitrogens is 2. The molecule has 1 aromatic rings. The molecule has 1 N–H and O–H groups in total. The van der Waals surface area contributed by atoms with Gasteiger partial charge in [-0.15, -0.1) is 0 Å². The van der Waals surface area contributed by atoms with Crippen LogP contribution >= 0.6 is 0 Å². The molecule has 2 heterocycles. The molecule has 13 heavy (non-hydrogen) atoms. The Hall–Kier alpha value is -1.16. The van der Waals surface area contributed by atoms with Crippen LogP contribution < -0.4 is 5.56 Å². The number of hydrogen-bond donors (Lipinski definition) is 1. The van der Waals surface area contributed by atoms with Gasteiger partial charge in [0, 0.05) is 19.0 Å². The van der Waals surface area contributed by atoms with Gasteiger partial charge in [0.1, 0.15) is 0 Å². The summed E-state index contributed by atoms with van der Waals surface area (Å²) in [6, 6.07) is 0.182. The smallest absolute Gasteiger partial charge is 0.255 e. The van der Waals surface area contributed by atoms with E-state index in [1.807, 2.05) is 14.0 Å². The Labute approximate surface area is 76.6 Å². The zero-order valence-electron chi connectivity index (χ0n) is 7.87. The number of H-pyrrole nitrogens is 1. The molecule has 0 saturated carbocycles. The lowest BCUT2D eigenvalue weighted by atomic mass is 10.0. The molecule has 2 rings (SSSR count). The second-order valence-electron chi connectivity index (χ2n) is 3.50. The lowest BCUT2D eigenvalue weighted by molar-refractivity contribution is 0.243. The summed E-state index contributed by atoms with van der Waals surface area (Å²) in [7, 11) is 2.03. The average Bonchev–Trinajstić information content (AvgIpc) is 2.12. The maximum atomic E-state index is 11.5. The summed E-state index contributed by atoms with van der Waals surface area (Å²) in [6.07, 6.45) is 2.36. The van der Waals surface area contributed by atoms with Crippen molar-refractivity contribution in [2.24, 2.45) is 0 Å². The van der Waals surface area contributed by atoms with E-state index in [4.69, 9.17) is 0 Å². The summed E-state index contributed by atoms with van der Waals surface area (Å²) in [5.74, 6) is 0. The fourth-order valence-electron chi connectivity index (χ4n) is 1.77. The van der Waals surface area contributed by atoms with Gasteiger partial charge in [0.15, 0.2) is 0 Å². The summed E-state index contributed by atoms with van der Waals surface area (Å²) in [5.41, 5.74) is 1.79. The number of aromatic amines is 1. The Morgan fingerprint density at radius 3 is 3.23 bits per heavy atom. The van der Waals surface area contributed by atoms with Crippen LogP contribution in [0.3, 0.4) is 0 Å². The molecule has 0 radical (unpaired) electrons. The van der Waals surface area contributed by atoms with E-state index in [0.29, 0.717) is 0 Å². The van der Waals surface area contributed by atoms with Crippen LogP contribution in [0.1, 0.15) is 24.2 Å². The van der Waals surface area contributed by atoms with Crippen LogP contribution in [0.5, 0.6) is 0 Å². The largest absolute Gasteiger partial charge is 0.313 e. The first-order chi connectivity index (χ1) is 6.20. The maximum absolute atomic E-state index is 11.5. The fourth-order valence-corrected chi connectivity index (χ4v) is 1.77. The zero-order chi connectivity index (χ0) is 9.42. The first kappa shape index (κ1) is 8.44. The van der Waals surface area contributed by atoms with Gasteiger partial charge in [0.2, 0.25) is 0 Å². The van der Waals surface area contributed by atoms with Crippen molar-refractivity contribution in [2.75, 3.05) is 13.6 Å². The first-order valence-corrected chi connectivity index (χ1v) is 4.47. The van der Waals surface area contributed by atoms with Gasteiger partial charge in [-0.2, -0.15) is 0 Å². The van der Waals surface area contributed by atoms with Crippen molar-refractivity contribution in [3.05, 3.63) is 27.9 Å². The number of hydrogen-bond acceptors (Lipinski definition) is 3. The third-order valence-corrected chi connectivity index (χ3v) is 2.75. The highest BCUT2D eigenvalue weighted by Gasteiger charge is 2.24. The molecule has 0 aliphatic carbocycles. The topological polar surface area (TPSA) is 49.0 Å². The van der Waals surface area contributed by atoms with Crippen molar-refractivity contribution in [3.8, 4) is 0 Å². The summed E-state index contributed by atoms with van der Waals surface area (Å²) in [4.78, 5) is 20.5. The third-order valence-electron chi connectivity index (χ3n) is 2.75. The van der Waals surface area contributed by atoms with Crippen LogP contribution in [0.2, 0.25) is 0 Å². The molecule has 0 aromatic carbocycles. The Morgan fingerprint density at radius 1 is 1.69 bits per heavy atom. The number of nitrogens with zero attached hydrogens (tertiary/aromatic N) is 2. The molecule has 70 valence electrons. The molecule has 0 spiro atoms. The van der Waals surface area contributed by atoms with Crippen molar-refractivity contribution >= 4 is 0 Å². The molecule has 0 fully saturated rings. The SMILES string of the molecule is CC1c2c(nc[nH]c2=O)CCN1C. The normalized spacial score (nSPS) is 22.8. The Balaban J connectivity index is 2.57. The van der Waals surface area contributed by atoms with E-state index < -0.39 is 0 Å². The molecule has 0 amide bonds. The van der Waals surface area contributed by atoms with Crippen molar-refractivity contribution in [2.45, 2.75) is 19.4 Å². The number of likely N-dealkylation sites (N-methyl/N-ethyl adjacent to an activating group) is 1. The fraction of sp³-hybridized carbons (Fsp3) is 0.556. The van der Waals surface area contributed by atoms with Gasteiger partial charge in [-0.05, 0) is 14.0 Å². The van der Waals surface area contributed by atoms with Crippen molar-refractivity contribution < 1.29 is 0 Å². The second kappa shape index (κ2) is 2.96. The quantitative estimate of drug-likeness (QED) is 0.624. The highest BCUT2D eigenvalue weighted by Crippen LogP contribution is 2.22. The van der Waals surface area contributed by atoms with Crippen molar-refractivity contribution in [1.29, 1.82) is 0 Å². The monoisotopic (exact) mass is 179 g/mol. The van der Waals surface area contributed by atoms with Gasteiger partial charge in [0.25, 0.3) is 5.56 Å². The van der Waals surface area contributed by atoms with Crippen LogP contribution in [0.15, 0.2) is 11.1 Å². The van der Waals surface area contributed by atoms with Crippen LogP contribution in [0.25, 0.3) is 0 Å². The predicted molar refractivity (Wildman–Crippen MR) is 49.6 cm³/mol. The molecule has 1 unspecified atom stereocenters. The van der Waals surface area contributed by atoms with Gasteiger partial charge in [-0.25, -0.2) is 4.98 Å². The Kier molecular flexibility index (Phi) is 1.92. The molecule has 4 heteroatoms. The molecule has 0 bridgehead atoms. The van der Waals surface area contributed by atoms with Gasteiger partial charge >= 0.3 is 0 Å². The molecule has 0 saturated heterocycles. The minimum absolute atomic E-state index is 0.00375.